The Balaban J connectivity index is 1.78. The Morgan fingerprint density at radius 3 is 2.36 bits per heavy atom. The van der Waals surface area contributed by atoms with Crippen LogP contribution < -0.4 is 10.4 Å². The number of carboxylic acid groups (broad SMARTS) is 1. The summed E-state index contributed by atoms with van der Waals surface area (Å²) in [5.74, 6) is -2.50. The van der Waals surface area contributed by atoms with Crippen LogP contribution in [0.15, 0.2) is 42.5 Å². The summed E-state index contributed by atoms with van der Waals surface area (Å²) in [5, 5.41) is 16.2. The van der Waals surface area contributed by atoms with Gasteiger partial charge in [0.1, 0.15) is 0 Å². The summed E-state index contributed by atoms with van der Waals surface area (Å²) in [6, 6.07) is 13.6. The number of carbonyl (C=O) groups is 2. The highest BCUT2D eigenvalue weighted by molar-refractivity contribution is 5.97. The van der Waals surface area contributed by atoms with Gasteiger partial charge < -0.3 is 15.2 Å². The van der Waals surface area contributed by atoms with Crippen molar-refractivity contribution in [3.63, 3.8) is 0 Å². The maximum absolute atomic E-state index is 12.4. The minimum atomic E-state index is -1.11. The number of nitrogens with one attached hydrogen (secondary N) is 1. The number of fused-ring (bicyclic) bond motifs is 1. The van der Waals surface area contributed by atoms with Crippen molar-refractivity contribution in [1.29, 1.82) is 0 Å². The SMILES string of the molecule is O=C(Nc1ccc2ccccc2c1)[C@H]1CCCC[C@H]1C(=O)[O-]. The predicted molar refractivity (Wildman–Crippen MR) is 83.0 cm³/mol. The topological polar surface area (TPSA) is 69.2 Å². The molecule has 0 heterocycles. The molecule has 1 aliphatic rings. The largest absolute Gasteiger partial charge is 0.550 e. The molecule has 0 saturated heterocycles. The first-order valence-electron chi connectivity index (χ1n) is 7.65. The molecule has 1 N–H and O–H groups in total. The Hall–Kier alpha value is -2.36. The third-order valence-corrected chi connectivity index (χ3v) is 4.42. The van der Waals surface area contributed by atoms with E-state index in [0.29, 0.717) is 18.5 Å². The lowest BCUT2D eigenvalue weighted by molar-refractivity contribution is -0.313. The average molecular weight is 296 g/mol. The van der Waals surface area contributed by atoms with Gasteiger partial charge in [-0.15, -0.1) is 0 Å². The molecule has 0 aromatic heterocycles. The first-order valence-corrected chi connectivity index (χ1v) is 7.65. The quantitative estimate of drug-likeness (QED) is 0.945. The number of carbonyl (C=O) groups excluding carboxylic acids is 2. The van der Waals surface area contributed by atoms with E-state index in [4.69, 9.17) is 0 Å². The van der Waals surface area contributed by atoms with E-state index in [1.807, 2.05) is 42.5 Å². The van der Waals surface area contributed by atoms with Gasteiger partial charge in [0.05, 0.1) is 0 Å². The molecule has 0 spiro atoms. The zero-order chi connectivity index (χ0) is 15.5. The van der Waals surface area contributed by atoms with E-state index in [9.17, 15) is 14.7 Å². The molecule has 1 fully saturated rings. The number of hydrogen-bond donors (Lipinski definition) is 1. The van der Waals surface area contributed by atoms with Crippen molar-refractivity contribution in [2.24, 2.45) is 11.8 Å². The molecule has 1 saturated carbocycles. The van der Waals surface area contributed by atoms with E-state index in [0.717, 1.165) is 23.6 Å². The van der Waals surface area contributed by atoms with Gasteiger partial charge >= 0.3 is 0 Å². The van der Waals surface area contributed by atoms with Gasteiger partial charge in [0.15, 0.2) is 0 Å². The molecular formula is C18H18NO3-. The monoisotopic (exact) mass is 296 g/mol. The van der Waals surface area contributed by atoms with E-state index in [1.54, 1.807) is 0 Å². The Morgan fingerprint density at radius 2 is 1.64 bits per heavy atom. The third kappa shape index (κ3) is 2.96. The van der Waals surface area contributed by atoms with Gasteiger partial charge in [0.25, 0.3) is 0 Å². The third-order valence-electron chi connectivity index (χ3n) is 4.42. The second kappa shape index (κ2) is 6.18. The van der Waals surface area contributed by atoms with E-state index in [-0.39, 0.29) is 5.91 Å². The van der Waals surface area contributed by atoms with Gasteiger partial charge in [-0.3, -0.25) is 4.79 Å². The van der Waals surface area contributed by atoms with Gasteiger partial charge in [0, 0.05) is 23.5 Å². The van der Waals surface area contributed by atoms with Crippen molar-refractivity contribution in [3.8, 4) is 0 Å². The highest BCUT2D eigenvalue weighted by Gasteiger charge is 2.31. The van der Waals surface area contributed by atoms with Crippen molar-refractivity contribution in [1.82, 2.24) is 0 Å². The van der Waals surface area contributed by atoms with Crippen molar-refractivity contribution in [2.45, 2.75) is 25.7 Å². The summed E-state index contributed by atoms with van der Waals surface area (Å²) in [6.45, 7) is 0. The summed E-state index contributed by atoms with van der Waals surface area (Å²) in [6.07, 6.45) is 2.87. The molecule has 4 nitrogen and oxygen atoms in total. The molecule has 1 amide bonds. The maximum atomic E-state index is 12.4. The Labute approximate surface area is 129 Å². The van der Waals surface area contributed by atoms with E-state index in [1.165, 1.54) is 0 Å². The molecular weight excluding hydrogens is 278 g/mol. The number of aliphatic carboxylic acids is 1. The average Bonchev–Trinajstić information content (AvgIpc) is 2.54. The Bertz CT molecular complexity index is 710. The van der Waals surface area contributed by atoms with Crippen LogP contribution in [0.5, 0.6) is 0 Å². The van der Waals surface area contributed by atoms with Crippen LogP contribution in [0.1, 0.15) is 25.7 Å². The van der Waals surface area contributed by atoms with Gasteiger partial charge in [-0.1, -0.05) is 43.2 Å². The highest BCUT2D eigenvalue weighted by atomic mass is 16.4. The van der Waals surface area contributed by atoms with Crippen LogP contribution in [0, 0.1) is 11.8 Å². The first kappa shape index (κ1) is 14.6. The lowest BCUT2D eigenvalue weighted by atomic mass is 9.78. The van der Waals surface area contributed by atoms with Crippen LogP contribution in [0.3, 0.4) is 0 Å². The predicted octanol–water partition coefficient (Wildman–Crippen LogP) is 2.33. The second-order valence-electron chi connectivity index (χ2n) is 5.87. The zero-order valence-electron chi connectivity index (χ0n) is 12.2. The van der Waals surface area contributed by atoms with Crippen LogP contribution in [-0.2, 0) is 9.59 Å². The number of rotatable bonds is 3. The number of benzene rings is 2. The minimum absolute atomic E-state index is 0.218. The fourth-order valence-corrected chi connectivity index (χ4v) is 3.23. The molecule has 0 aliphatic heterocycles. The lowest BCUT2D eigenvalue weighted by Gasteiger charge is -2.31. The first-order chi connectivity index (χ1) is 10.6. The van der Waals surface area contributed by atoms with Crippen molar-refractivity contribution < 1.29 is 14.7 Å². The van der Waals surface area contributed by atoms with Crippen LogP contribution in [0.4, 0.5) is 5.69 Å². The highest BCUT2D eigenvalue weighted by Crippen LogP contribution is 2.31. The normalized spacial score (nSPS) is 21.5. The number of anilines is 1. The maximum Gasteiger partial charge on any atom is 0.228 e. The van der Waals surface area contributed by atoms with Crippen molar-refractivity contribution in [2.75, 3.05) is 5.32 Å². The molecule has 2 aromatic carbocycles. The molecule has 0 bridgehead atoms. The van der Waals surface area contributed by atoms with Crippen molar-refractivity contribution in [3.05, 3.63) is 42.5 Å². The molecule has 4 heteroatoms. The van der Waals surface area contributed by atoms with Gasteiger partial charge in [-0.05, 0) is 35.7 Å². The summed E-state index contributed by atoms with van der Waals surface area (Å²) >= 11 is 0. The molecule has 2 atom stereocenters. The zero-order valence-corrected chi connectivity index (χ0v) is 12.2. The van der Waals surface area contributed by atoms with Crippen LogP contribution in [-0.4, -0.2) is 11.9 Å². The summed E-state index contributed by atoms with van der Waals surface area (Å²) in [4.78, 5) is 23.6. The molecule has 0 unspecified atom stereocenters. The molecule has 1 aliphatic carbocycles. The molecule has 0 radical (unpaired) electrons. The molecule has 22 heavy (non-hydrogen) atoms. The summed E-state index contributed by atoms with van der Waals surface area (Å²) in [5.41, 5.74) is 0.700. The van der Waals surface area contributed by atoms with Crippen LogP contribution in [0.2, 0.25) is 0 Å². The van der Waals surface area contributed by atoms with E-state index in [2.05, 4.69) is 5.32 Å². The standard InChI is InChI=1S/C18H19NO3/c20-17(15-7-3-4-8-16(15)18(21)22)19-14-10-9-12-5-1-2-6-13(12)11-14/h1-2,5-6,9-11,15-16H,3-4,7-8H2,(H,19,20)(H,21,22)/p-1/t15-,16+/m0/s1. The Kier molecular flexibility index (Phi) is 4.09. The second-order valence-corrected chi connectivity index (χ2v) is 5.87. The summed E-state index contributed by atoms with van der Waals surface area (Å²) in [7, 11) is 0. The number of hydrogen-bond acceptors (Lipinski definition) is 3. The minimum Gasteiger partial charge on any atom is -0.550 e. The fraction of sp³-hybridized carbons (Fsp3) is 0.333. The van der Waals surface area contributed by atoms with E-state index < -0.39 is 17.8 Å². The molecule has 114 valence electrons. The van der Waals surface area contributed by atoms with Gasteiger partial charge in [-0.25, -0.2) is 0 Å². The molecule has 3 rings (SSSR count). The summed E-state index contributed by atoms with van der Waals surface area (Å²) < 4.78 is 0. The number of carboxylic acids is 1. The fourth-order valence-electron chi connectivity index (χ4n) is 3.23. The molecule has 2 aromatic rings. The van der Waals surface area contributed by atoms with Gasteiger partial charge in [-0.2, -0.15) is 0 Å². The Morgan fingerprint density at radius 1 is 0.955 bits per heavy atom. The lowest BCUT2D eigenvalue weighted by Crippen LogP contribution is -2.42. The van der Waals surface area contributed by atoms with Crippen LogP contribution >= 0.6 is 0 Å². The van der Waals surface area contributed by atoms with Gasteiger partial charge in [0.2, 0.25) is 5.91 Å². The smallest absolute Gasteiger partial charge is 0.228 e. The number of amides is 1. The van der Waals surface area contributed by atoms with E-state index >= 15 is 0 Å². The van der Waals surface area contributed by atoms with Crippen LogP contribution in [0.25, 0.3) is 10.8 Å². The van der Waals surface area contributed by atoms with Crippen molar-refractivity contribution >= 4 is 28.3 Å².